The number of rotatable bonds is 4. The van der Waals surface area contributed by atoms with Crippen molar-refractivity contribution in [3.8, 4) is 11.6 Å². The summed E-state index contributed by atoms with van der Waals surface area (Å²) in [5.74, 6) is -1.98. The van der Waals surface area contributed by atoms with Crippen molar-refractivity contribution in [1.82, 2.24) is 19.6 Å². The van der Waals surface area contributed by atoms with Crippen LogP contribution in [-0.2, 0) is 12.6 Å². The van der Waals surface area contributed by atoms with E-state index in [-0.39, 0.29) is 23.1 Å². The molecule has 0 spiro atoms. The maximum atomic E-state index is 12.8. The molecule has 0 bridgehead atoms. The maximum Gasteiger partial charge on any atom is 0.453 e. The molecular weight excluding hydrogens is 355 g/mol. The van der Waals surface area contributed by atoms with Crippen LogP contribution in [0.2, 0.25) is 0 Å². The van der Waals surface area contributed by atoms with E-state index in [0.717, 1.165) is 10.1 Å². The lowest BCUT2D eigenvalue weighted by molar-refractivity contribution is -0.385. The third-order valence-electron chi connectivity index (χ3n) is 3.50. The molecule has 0 aliphatic heterocycles. The monoisotopic (exact) mass is 367 g/mol. The van der Waals surface area contributed by atoms with Gasteiger partial charge in [0, 0.05) is 17.8 Å². The second-order valence-corrected chi connectivity index (χ2v) is 5.40. The van der Waals surface area contributed by atoms with Gasteiger partial charge in [0.2, 0.25) is 11.6 Å². The van der Waals surface area contributed by atoms with Crippen molar-refractivity contribution >= 4 is 11.5 Å². The molecule has 2 aromatic heterocycles. The molecule has 0 radical (unpaired) electrons. The Labute approximate surface area is 144 Å². The quantitative estimate of drug-likeness (QED) is 0.515. The van der Waals surface area contributed by atoms with E-state index in [4.69, 9.17) is 4.74 Å². The van der Waals surface area contributed by atoms with Gasteiger partial charge in [0.05, 0.1) is 4.92 Å². The van der Waals surface area contributed by atoms with Gasteiger partial charge in [-0.25, -0.2) is 4.98 Å². The molecule has 0 unspecified atom stereocenters. The molecule has 8 nitrogen and oxygen atoms in total. The summed E-state index contributed by atoms with van der Waals surface area (Å²) >= 11 is 0. The molecule has 3 rings (SSSR count). The van der Waals surface area contributed by atoms with Gasteiger partial charge >= 0.3 is 11.9 Å². The van der Waals surface area contributed by atoms with Gasteiger partial charge in [-0.1, -0.05) is 13.0 Å². The number of ether oxygens (including phenoxy) is 1. The molecule has 26 heavy (non-hydrogen) atoms. The van der Waals surface area contributed by atoms with Crippen LogP contribution in [0.25, 0.3) is 5.78 Å². The number of alkyl halides is 3. The van der Waals surface area contributed by atoms with Gasteiger partial charge in [-0.3, -0.25) is 10.1 Å². The number of hydrogen-bond donors (Lipinski definition) is 0. The smallest absolute Gasteiger partial charge is 0.432 e. The summed E-state index contributed by atoms with van der Waals surface area (Å²) in [6.45, 7) is 3.37. The zero-order valence-corrected chi connectivity index (χ0v) is 13.6. The van der Waals surface area contributed by atoms with Crippen LogP contribution in [0.1, 0.15) is 24.0 Å². The van der Waals surface area contributed by atoms with Gasteiger partial charge in [0.15, 0.2) is 0 Å². The predicted molar refractivity (Wildman–Crippen MR) is 83.1 cm³/mol. The Morgan fingerprint density at radius 1 is 1.27 bits per heavy atom. The lowest BCUT2D eigenvalue weighted by Crippen LogP contribution is -2.08. The van der Waals surface area contributed by atoms with E-state index in [1.165, 1.54) is 25.1 Å². The summed E-state index contributed by atoms with van der Waals surface area (Å²) in [4.78, 5) is 17.9. The van der Waals surface area contributed by atoms with E-state index in [9.17, 15) is 23.3 Å². The highest BCUT2D eigenvalue weighted by molar-refractivity contribution is 5.50. The van der Waals surface area contributed by atoms with Crippen molar-refractivity contribution in [2.45, 2.75) is 26.4 Å². The molecule has 0 amide bonds. The number of fused-ring (bicyclic) bond motifs is 1. The first-order valence-corrected chi connectivity index (χ1v) is 7.46. The highest BCUT2D eigenvalue weighted by Crippen LogP contribution is 2.33. The van der Waals surface area contributed by atoms with Gasteiger partial charge in [-0.2, -0.15) is 22.7 Å². The highest BCUT2D eigenvalue weighted by Gasteiger charge is 2.37. The van der Waals surface area contributed by atoms with E-state index >= 15 is 0 Å². The summed E-state index contributed by atoms with van der Waals surface area (Å²) in [5.41, 5.74) is 0.741. The molecule has 0 atom stereocenters. The fourth-order valence-electron chi connectivity index (χ4n) is 2.27. The van der Waals surface area contributed by atoms with Crippen molar-refractivity contribution < 1.29 is 22.8 Å². The third kappa shape index (κ3) is 3.27. The summed E-state index contributed by atoms with van der Waals surface area (Å²) in [5, 5.41) is 14.6. The zero-order chi connectivity index (χ0) is 19.1. The molecule has 136 valence electrons. The number of nitro benzene ring substituents is 1. The summed E-state index contributed by atoms with van der Waals surface area (Å²) in [7, 11) is 0. The number of halogens is 3. The van der Waals surface area contributed by atoms with E-state index in [1.807, 2.05) is 6.92 Å². The van der Waals surface area contributed by atoms with Crippen LogP contribution < -0.4 is 4.74 Å². The van der Waals surface area contributed by atoms with Gasteiger partial charge in [0.25, 0.3) is 11.6 Å². The third-order valence-corrected chi connectivity index (χ3v) is 3.50. The molecular formula is C15H12F3N5O3. The van der Waals surface area contributed by atoms with Crippen molar-refractivity contribution in [3.05, 3.63) is 51.5 Å². The number of nitrogens with zero attached hydrogens (tertiary/aromatic N) is 5. The van der Waals surface area contributed by atoms with Crippen LogP contribution in [0, 0.1) is 17.0 Å². The molecule has 0 aliphatic carbocycles. The van der Waals surface area contributed by atoms with E-state index in [1.54, 1.807) is 6.07 Å². The molecule has 0 saturated heterocycles. The van der Waals surface area contributed by atoms with Crippen LogP contribution >= 0.6 is 0 Å². The van der Waals surface area contributed by atoms with Crippen LogP contribution in [0.15, 0.2) is 24.3 Å². The Kier molecular flexibility index (Phi) is 4.22. The second kappa shape index (κ2) is 6.24. The van der Waals surface area contributed by atoms with Gasteiger partial charge in [0.1, 0.15) is 0 Å². The normalized spacial score (nSPS) is 11.7. The lowest BCUT2D eigenvalue weighted by atomic mass is 10.1. The molecule has 0 N–H and O–H groups in total. The standard InChI is InChI=1S/C15H12F3N5O3/c1-3-9-4-5-11(10(7-9)23(24)25)26-12-6-8(2)19-14-20-13(15(16,17)18)21-22(12)14/h4-7H,3H2,1-2H3. The van der Waals surface area contributed by atoms with E-state index in [0.29, 0.717) is 12.1 Å². The first-order valence-electron chi connectivity index (χ1n) is 7.46. The predicted octanol–water partition coefficient (Wildman–Crippen LogP) is 3.71. The SMILES string of the molecule is CCc1ccc(Oc2cc(C)nc3nc(C(F)(F)F)nn23)c([N+](=O)[O-])c1. The number of aryl methyl sites for hydroxylation is 2. The molecule has 0 saturated carbocycles. The van der Waals surface area contributed by atoms with Crippen molar-refractivity contribution in [2.75, 3.05) is 0 Å². The van der Waals surface area contributed by atoms with Crippen molar-refractivity contribution in [1.29, 1.82) is 0 Å². The maximum absolute atomic E-state index is 12.8. The fourth-order valence-corrected chi connectivity index (χ4v) is 2.27. The minimum atomic E-state index is -4.76. The van der Waals surface area contributed by atoms with Gasteiger partial charge in [-0.05, 0) is 25.0 Å². The Morgan fingerprint density at radius 2 is 2.00 bits per heavy atom. The van der Waals surface area contributed by atoms with Crippen LogP contribution in [0.3, 0.4) is 0 Å². The first-order chi connectivity index (χ1) is 12.2. The Bertz CT molecular complexity index is 1000. The lowest BCUT2D eigenvalue weighted by Gasteiger charge is -2.09. The number of benzene rings is 1. The topological polar surface area (TPSA) is 95.5 Å². The number of hydrogen-bond acceptors (Lipinski definition) is 6. The molecule has 2 heterocycles. The average Bonchev–Trinajstić information content (AvgIpc) is 2.99. The summed E-state index contributed by atoms with van der Waals surface area (Å²) in [6.07, 6.45) is -4.18. The average molecular weight is 367 g/mol. The Balaban J connectivity index is 2.12. The molecule has 3 aromatic rings. The van der Waals surface area contributed by atoms with Crippen molar-refractivity contribution in [3.63, 3.8) is 0 Å². The zero-order valence-electron chi connectivity index (χ0n) is 13.6. The molecule has 1 aromatic carbocycles. The molecule has 0 aliphatic rings. The molecule has 0 fully saturated rings. The largest absolute Gasteiger partial charge is 0.453 e. The molecule has 11 heteroatoms. The van der Waals surface area contributed by atoms with Crippen LogP contribution in [0.5, 0.6) is 11.6 Å². The van der Waals surface area contributed by atoms with Crippen LogP contribution in [-0.4, -0.2) is 24.5 Å². The van der Waals surface area contributed by atoms with E-state index < -0.39 is 16.9 Å². The summed E-state index contributed by atoms with van der Waals surface area (Å²) < 4.78 is 44.8. The number of aromatic nitrogens is 4. The fraction of sp³-hybridized carbons (Fsp3) is 0.267. The Morgan fingerprint density at radius 3 is 2.62 bits per heavy atom. The minimum Gasteiger partial charge on any atom is -0.432 e. The number of nitro groups is 1. The minimum absolute atomic E-state index is 0.122. The second-order valence-electron chi connectivity index (χ2n) is 5.40. The van der Waals surface area contributed by atoms with Crippen molar-refractivity contribution in [2.24, 2.45) is 0 Å². The van der Waals surface area contributed by atoms with Gasteiger partial charge < -0.3 is 4.74 Å². The Hall–Kier alpha value is -3.24. The summed E-state index contributed by atoms with van der Waals surface area (Å²) in [6, 6.07) is 5.69. The van der Waals surface area contributed by atoms with Gasteiger partial charge in [-0.15, -0.1) is 5.10 Å². The highest BCUT2D eigenvalue weighted by atomic mass is 19.4. The first kappa shape index (κ1) is 17.6. The van der Waals surface area contributed by atoms with Crippen LogP contribution in [0.4, 0.5) is 18.9 Å². The van der Waals surface area contributed by atoms with E-state index in [2.05, 4.69) is 15.1 Å².